The van der Waals surface area contributed by atoms with E-state index in [-0.39, 0.29) is 42.8 Å². The third kappa shape index (κ3) is 2.87. The minimum atomic E-state index is -0.0874. The molecule has 2 aromatic heterocycles. The quantitative estimate of drug-likeness (QED) is 0.784. The van der Waals surface area contributed by atoms with Gasteiger partial charge in [-0.2, -0.15) is 0 Å². The number of fused-ring (bicyclic) bond motifs is 1. The molecule has 0 amide bonds. The van der Waals surface area contributed by atoms with Crippen molar-refractivity contribution in [3.05, 3.63) is 40.9 Å². The highest BCUT2D eigenvalue weighted by Gasteiger charge is 1.94. The first kappa shape index (κ1) is 15.7. The van der Waals surface area contributed by atoms with Crippen molar-refractivity contribution in [2.45, 2.75) is 0 Å². The van der Waals surface area contributed by atoms with Gasteiger partial charge in [0.15, 0.2) is 0 Å². The summed E-state index contributed by atoms with van der Waals surface area (Å²) >= 11 is 0. The molecule has 0 aromatic carbocycles. The molecule has 0 saturated heterocycles. The van der Waals surface area contributed by atoms with Crippen molar-refractivity contribution in [2.24, 2.45) is 0 Å². The molecule has 6 heteroatoms. The first-order valence-electron chi connectivity index (χ1n) is 3.30. The predicted molar refractivity (Wildman–Crippen MR) is 64.1 cm³/mol. The Morgan fingerprint density at radius 3 is 2.50 bits per heavy atom. The van der Waals surface area contributed by atoms with Crippen LogP contribution in [-0.2, 0) is 0 Å². The summed E-state index contributed by atoms with van der Waals surface area (Å²) in [6.07, 6.45) is 3.26. The van der Waals surface area contributed by atoms with Gasteiger partial charge in [0.1, 0.15) is 0 Å². The SMILES string of the molecule is Cl.Cl.Cl.O=c1[nH]ccc2ncccc12. The van der Waals surface area contributed by atoms with Crippen LogP contribution < -0.4 is 5.56 Å². The zero-order valence-corrected chi connectivity index (χ0v) is 9.42. The summed E-state index contributed by atoms with van der Waals surface area (Å²) in [7, 11) is 0. The summed E-state index contributed by atoms with van der Waals surface area (Å²) in [4.78, 5) is 17.7. The Morgan fingerprint density at radius 1 is 1.14 bits per heavy atom. The van der Waals surface area contributed by atoms with E-state index >= 15 is 0 Å². The number of H-pyrrole nitrogens is 1. The number of aromatic amines is 1. The lowest BCUT2D eigenvalue weighted by molar-refractivity contribution is 1.26. The molecule has 0 aliphatic heterocycles. The van der Waals surface area contributed by atoms with Crippen LogP contribution in [0.4, 0.5) is 0 Å². The van der Waals surface area contributed by atoms with Crippen molar-refractivity contribution in [2.75, 3.05) is 0 Å². The lowest BCUT2D eigenvalue weighted by Gasteiger charge is -1.91. The van der Waals surface area contributed by atoms with Crippen LogP contribution in [0, 0.1) is 0 Å². The molecule has 14 heavy (non-hydrogen) atoms. The minimum absolute atomic E-state index is 0. The third-order valence-electron chi connectivity index (χ3n) is 1.54. The van der Waals surface area contributed by atoms with Gasteiger partial charge in [-0.25, -0.2) is 0 Å². The van der Waals surface area contributed by atoms with E-state index < -0.39 is 0 Å². The Labute approximate surface area is 99.2 Å². The number of aromatic nitrogens is 2. The van der Waals surface area contributed by atoms with E-state index in [0.29, 0.717) is 5.39 Å². The summed E-state index contributed by atoms with van der Waals surface area (Å²) in [6, 6.07) is 5.27. The Hall–Kier alpha value is -0.770. The molecule has 0 saturated carbocycles. The van der Waals surface area contributed by atoms with E-state index in [1.165, 1.54) is 0 Å². The standard InChI is InChI=1S/C8H6N2O.3ClH/c11-8-6-2-1-4-9-7(6)3-5-10-8;;;/h1-5H,(H,10,11);3*1H. The number of nitrogens with zero attached hydrogens (tertiary/aromatic N) is 1. The van der Waals surface area contributed by atoms with Gasteiger partial charge in [-0.3, -0.25) is 9.78 Å². The van der Waals surface area contributed by atoms with Crippen molar-refractivity contribution < 1.29 is 0 Å². The monoisotopic (exact) mass is 254 g/mol. The summed E-state index contributed by atoms with van der Waals surface area (Å²) in [5, 5.41) is 0.634. The van der Waals surface area contributed by atoms with Crippen molar-refractivity contribution in [1.29, 1.82) is 0 Å². The maximum Gasteiger partial charge on any atom is 0.257 e. The van der Waals surface area contributed by atoms with Crippen LogP contribution in [0.2, 0.25) is 0 Å². The van der Waals surface area contributed by atoms with E-state index in [1.54, 1.807) is 30.6 Å². The second-order valence-corrected chi connectivity index (χ2v) is 2.24. The molecule has 0 fully saturated rings. The maximum absolute atomic E-state index is 11.1. The fraction of sp³-hybridized carbons (Fsp3) is 0. The van der Waals surface area contributed by atoms with Gasteiger partial charge in [-0.15, -0.1) is 37.2 Å². The zero-order chi connectivity index (χ0) is 7.68. The van der Waals surface area contributed by atoms with Gasteiger partial charge in [0.05, 0.1) is 10.9 Å². The average Bonchev–Trinajstić information content (AvgIpc) is 2.06. The Morgan fingerprint density at radius 2 is 1.86 bits per heavy atom. The number of hydrogen-bond donors (Lipinski definition) is 1. The molecule has 2 rings (SSSR count). The van der Waals surface area contributed by atoms with E-state index in [0.717, 1.165) is 5.52 Å². The highest BCUT2D eigenvalue weighted by atomic mass is 35.5. The van der Waals surface area contributed by atoms with Crippen LogP contribution in [0.3, 0.4) is 0 Å². The molecule has 0 radical (unpaired) electrons. The van der Waals surface area contributed by atoms with Gasteiger partial charge < -0.3 is 4.98 Å². The van der Waals surface area contributed by atoms with Gasteiger partial charge in [0.25, 0.3) is 5.56 Å². The van der Waals surface area contributed by atoms with Crippen molar-refractivity contribution in [3.63, 3.8) is 0 Å². The van der Waals surface area contributed by atoms with Gasteiger partial charge >= 0.3 is 0 Å². The molecule has 0 aliphatic rings. The Kier molecular flexibility index (Phi) is 7.45. The largest absolute Gasteiger partial charge is 0.328 e. The summed E-state index contributed by atoms with van der Waals surface area (Å²) in [5.41, 5.74) is 0.645. The number of hydrogen-bond acceptors (Lipinski definition) is 2. The normalized spacial score (nSPS) is 8.00. The number of nitrogens with one attached hydrogen (secondary N) is 1. The Bertz CT molecular complexity index is 438. The smallest absolute Gasteiger partial charge is 0.257 e. The molecule has 1 N–H and O–H groups in total. The Balaban J connectivity index is 0. The van der Waals surface area contributed by atoms with Crippen LogP contribution in [0.1, 0.15) is 0 Å². The maximum atomic E-state index is 11.1. The van der Waals surface area contributed by atoms with Gasteiger partial charge in [0, 0.05) is 12.4 Å². The van der Waals surface area contributed by atoms with Crippen molar-refractivity contribution in [3.8, 4) is 0 Å². The minimum Gasteiger partial charge on any atom is -0.328 e. The lowest BCUT2D eigenvalue weighted by Crippen LogP contribution is -2.04. The molecule has 0 aliphatic carbocycles. The molecule has 78 valence electrons. The van der Waals surface area contributed by atoms with Crippen LogP contribution >= 0.6 is 37.2 Å². The van der Waals surface area contributed by atoms with Gasteiger partial charge in [-0.1, -0.05) is 0 Å². The first-order valence-corrected chi connectivity index (χ1v) is 3.30. The summed E-state index contributed by atoms with van der Waals surface area (Å²) in [6.45, 7) is 0. The highest BCUT2D eigenvalue weighted by molar-refractivity contribution is 5.86. The van der Waals surface area contributed by atoms with Crippen LogP contribution in [0.5, 0.6) is 0 Å². The van der Waals surface area contributed by atoms with E-state index in [9.17, 15) is 4.79 Å². The molecular weight excluding hydrogens is 246 g/mol. The first-order chi connectivity index (χ1) is 5.38. The van der Waals surface area contributed by atoms with E-state index in [4.69, 9.17) is 0 Å². The van der Waals surface area contributed by atoms with Gasteiger partial charge in [-0.05, 0) is 18.2 Å². The number of pyridine rings is 2. The number of rotatable bonds is 0. The van der Waals surface area contributed by atoms with Crippen LogP contribution in [0.15, 0.2) is 35.4 Å². The molecule has 0 bridgehead atoms. The fourth-order valence-electron chi connectivity index (χ4n) is 1.02. The molecule has 0 spiro atoms. The topological polar surface area (TPSA) is 45.8 Å². The van der Waals surface area contributed by atoms with Crippen LogP contribution in [0.25, 0.3) is 10.9 Å². The molecule has 2 heterocycles. The van der Waals surface area contributed by atoms with Gasteiger partial charge in [0.2, 0.25) is 0 Å². The summed E-state index contributed by atoms with van der Waals surface area (Å²) < 4.78 is 0. The summed E-state index contributed by atoms with van der Waals surface area (Å²) in [5.74, 6) is 0. The van der Waals surface area contributed by atoms with Crippen molar-refractivity contribution in [1.82, 2.24) is 9.97 Å². The molecule has 0 atom stereocenters. The second kappa shape index (κ2) is 6.65. The second-order valence-electron chi connectivity index (χ2n) is 2.24. The molecule has 3 nitrogen and oxygen atoms in total. The van der Waals surface area contributed by atoms with Crippen LogP contribution in [-0.4, -0.2) is 9.97 Å². The zero-order valence-electron chi connectivity index (χ0n) is 6.97. The average molecular weight is 256 g/mol. The highest BCUT2D eigenvalue weighted by Crippen LogP contribution is 2.01. The predicted octanol–water partition coefficient (Wildman–Crippen LogP) is 2.19. The van der Waals surface area contributed by atoms with E-state index in [2.05, 4.69) is 9.97 Å². The molecule has 0 unspecified atom stereocenters. The lowest BCUT2D eigenvalue weighted by atomic mass is 10.3. The van der Waals surface area contributed by atoms with Crippen molar-refractivity contribution >= 4 is 48.1 Å². The number of halogens is 3. The third-order valence-corrected chi connectivity index (χ3v) is 1.54. The fourth-order valence-corrected chi connectivity index (χ4v) is 1.02. The van der Waals surface area contributed by atoms with E-state index in [1.807, 2.05) is 0 Å². The molecule has 2 aromatic rings. The molecular formula is C8H9Cl3N2O.